The van der Waals surface area contributed by atoms with Crippen molar-refractivity contribution in [2.24, 2.45) is 0 Å². The van der Waals surface area contributed by atoms with E-state index in [9.17, 15) is 18.0 Å². The smallest absolute Gasteiger partial charge is 0.437 e. The van der Waals surface area contributed by atoms with E-state index in [1.165, 1.54) is 6.07 Å². The fourth-order valence-corrected chi connectivity index (χ4v) is 0.945. The highest BCUT2D eigenvalue weighted by Gasteiger charge is 2.33. The third kappa shape index (κ3) is 4.09. The molecule has 0 fully saturated rings. The van der Waals surface area contributed by atoms with Crippen LogP contribution >= 0.6 is 0 Å². The summed E-state index contributed by atoms with van der Waals surface area (Å²) in [4.78, 5) is 10.8. The summed E-state index contributed by atoms with van der Waals surface area (Å²) in [6.45, 7) is 0. The van der Waals surface area contributed by atoms with E-state index in [0.717, 1.165) is 19.2 Å². The highest BCUT2D eigenvalue weighted by molar-refractivity contribution is 5.66. The van der Waals surface area contributed by atoms with Crippen molar-refractivity contribution in [3.63, 3.8) is 0 Å². The van der Waals surface area contributed by atoms with Gasteiger partial charge in [0, 0.05) is 11.8 Å². The van der Waals surface area contributed by atoms with Gasteiger partial charge in [-0.05, 0) is 12.1 Å². The minimum Gasteiger partial charge on any atom is -0.437 e. The first kappa shape index (κ1) is 12.9. The number of carbonyl (C=O) groups excluding carboxylic acids is 1. The van der Waals surface area contributed by atoms with Crippen molar-refractivity contribution in [3.8, 4) is 11.5 Å². The Kier molecular flexibility index (Phi) is 3.66. The van der Waals surface area contributed by atoms with E-state index >= 15 is 0 Å². The fourth-order valence-electron chi connectivity index (χ4n) is 0.945. The predicted octanol–water partition coefficient (Wildman–Crippen LogP) is 2.31. The van der Waals surface area contributed by atoms with Crippen molar-refractivity contribution in [3.05, 3.63) is 18.2 Å². The SMILES string of the molecule is COC(=O)Oc1ccc(N)cc1OC(F)(F)F. The zero-order valence-corrected chi connectivity index (χ0v) is 8.58. The van der Waals surface area contributed by atoms with Crippen molar-refractivity contribution in [1.29, 1.82) is 0 Å². The molecule has 8 heteroatoms. The average molecular weight is 251 g/mol. The molecule has 1 aromatic rings. The van der Waals surface area contributed by atoms with Gasteiger partial charge in [0.2, 0.25) is 0 Å². The number of nitrogens with two attached hydrogens (primary N) is 1. The van der Waals surface area contributed by atoms with E-state index in [1.54, 1.807) is 0 Å². The second-order valence-corrected chi connectivity index (χ2v) is 2.81. The Morgan fingerprint density at radius 1 is 1.29 bits per heavy atom. The standard InChI is InChI=1S/C9H8F3NO4/c1-15-8(14)16-6-3-2-5(13)4-7(6)17-9(10,11)12/h2-4H,13H2,1H3. The van der Waals surface area contributed by atoms with Crippen LogP contribution in [0, 0.1) is 0 Å². The second-order valence-electron chi connectivity index (χ2n) is 2.81. The van der Waals surface area contributed by atoms with Crippen LogP contribution in [-0.2, 0) is 4.74 Å². The van der Waals surface area contributed by atoms with E-state index in [0.29, 0.717) is 0 Å². The molecular formula is C9H8F3NO4. The molecule has 0 saturated carbocycles. The number of methoxy groups -OCH3 is 1. The molecule has 17 heavy (non-hydrogen) atoms. The molecule has 0 aliphatic heterocycles. The van der Waals surface area contributed by atoms with Gasteiger partial charge >= 0.3 is 12.5 Å². The second kappa shape index (κ2) is 4.81. The highest BCUT2D eigenvalue weighted by atomic mass is 19.4. The molecule has 0 amide bonds. The van der Waals surface area contributed by atoms with Crippen LogP contribution in [0.5, 0.6) is 11.5 Å². The van der Waals surface area contributed by atoms with Crippen molar-refractivity contribution >= 4 is 11.8 Å². The number of halogens is 3. The molecule has 0 unspecified atom stereocenters. The monoisotopic (exact) mass is 251 g/mol. The summed E-state index contributed by atoms with van der Waals surface area (Å²) in [5, 5.41) is 0. The molecule has 0 aromatic heterocycles. The van der Waals surface area contributed by atoms with Gasteiger partial charge in [0.25, 0.3) is 0 Å². The number of hydrogen-bond donors (Lipinski definition) is 1. The van der Waals surface area contributed by atoms with Gasteiger partial charge in [0.15, 0.2) is 11.5 Å². The van der Waals surface area contributed by atoms with Crippen LogP contribution < -0.4 is 15.2 Å². The van der Waals surface area contributed by atoms with E-state index in [2.05, 4.69) is 14.2 Å². The van der Waals surface area contributed by atoms with Crippen LogP contribution in [0.15, 0.2) is 18.2 Å². The normalized spacial score (nSPS) is 10.8. The zero-order valence-electron chi connectivity index (χ0n) is 8.58. The summed E-state index contributed by atoms with van der Waals surface area (Å²) in [6.07, 6.45) is -6.08. The first-order valence-corrected chi connectivity index (χ1v) is 4.23. The minimum atomic E-state index is -4.91. The number of hydrogen-bond acceptors (Lipinski definition) is 5. The van der Waals surface area contributed by atoms with Crippen LogP contribution in [0.25, 0.3) is 0 Å². The van der Waals surface area contributed by atoms with Gasteiger partial charge in [-0.2, -0.15) is 0 Å². The molecule has 0 aliphatic carbocycles. The maximum atomic E-state index is 12.0. The van der Waals surface area contributed by atoms with Crippen LogP contribution in [0.3, 0.4) is 0 Å². The Morgan fingerprint density at radius 3 is 2.47 bits per heavy atom. The zero-order chi connectivity index (χ0) is 13.1. The fraction of sp³-hybridized carbons (Fsp3) is 0.222. The van der Waals surface area contributed by atoms with Gasteiger partial charge in [0.1, 0.15) is 0 Å². The quantitative estimate of drug-likeness (QED) is 0.496. The number of rotatable bonds is 2. The molecule has 0 heterocycles. The van der Waals surface area contributed by atoms with Gasteiger partial charge in [-0.25, -0.2) is 4.79 Å². The maximum Gasteiger partial charge on any atom is 0.573 e. The molecule has 1 aromatic carbocycles. The van der Waals surface area contributed by atoms with Crippen molar-refractivity contribution < 1.29 is 32.2 Å². The molecule has 94 valence electrons. The Labute approximate surface area is 93.9 Å². The summed E-state index contributed by atoms with van der Waals surface area (Å²) < 4.78 is 48.4. The molecule has 0 bridgehead atoms. The molecule has 0 atom stereocenters. The number of carbonyl (C=O) groups is 1. The van der Waals surface area contributed by atoms with E-state index in [4.69, 9.17) is 5.73 Å². The third-order valence-corrected chi connectivity index (χ3v) is 1.55. The van der Waals surface area contributed by atoms with Crippen LogP contribution in [0.4, 0.5) is 23.7 Å². The number of ether oxygens (including phenoxy) is 3. The molecule has 5 nitrogen and oxygen atoms in total. The van der Waals surface area contributed by atoms with Crippen LogP contribution in [-0.4, -0.2) is 19.6 Å². The van der Waals surface area contributed by atoms with E-state index < -0.39 is 24.0 Å². The Morgan fingerprint density at radius 2 is 1.94 bits per heavy atom. The van der Waals surface area contributed by atoms with Crippen molar-refractivity contribution in [1.82, 2.24) is 0 Å². The number of alkyl halides is 3. The summed E-state index contributed by atoms with van der Waals surface area (Å²) in [5.41, 5.74) is 5.32. The average Bonchev–Trinajstić information content (AvgIpc) is 2.19. The lowest BCUT2D eigenvalue weighted by molar-refractivity contribution is -0.275. The Balaban J connectivity index is 2.99. The molecule has 0 aliphatic rings. The lowest BCUT2D eigenvalue weighted by Crippen LogP contribution is -2.18. The number of benzene rings is 1. The first-order valence-electron chi connectivity index (χ1n) is 4.23. The predicted molar refractivity (Wildman–Crippen MR) is 50.6 cm³/mol. The molecular weight excluding hydrogens is 243 g/mol. The summed E-state index contributed by atoms with van der Waals surface area (Å²) >= 11 is 0. The summed E-state index contributed by atoms with van der Waals surface area (Å²) in [5.74, 6) is -1.16. The largest absolute Gasteiger partial charge is 0.573 e. The molecule has 0 radical (unpaired) electrons. The van der Waals surface area contributed by atoms with Gasteiger partial charge in [-0.1, -0.05) is 0 Å². The number of anilines is 1. The van der Waals surface area contributed by atoms with Crippen molar-refractivity contribution in [2.75, 3.05) is 12.8 Å². The first-order chi connectivity index (χ1) is 7.81. The highest BCUT2D eigenvalue weighted by Crippen LogP contribution is 2.34. The summed E-state index contributed by atoms with van der Waals surface area (Å²) in [6, 6.07) is 3.20. The van der Waals surface area contributed by atoms with Crippen LogP contribution in [0.2, 0.25) is 0 Å². The van der Waals surface area contributed by atoms with Gasteiger partial charge in [-0.15, -0.1) is 13.2 Å². The third-order valence-electron chi connectivity index (χ3n) is 1.55. The molecule has 1 rings (SSSR count). The maximum absolute atomic E-state index is 12.0. The number of nitrogen functional groups attached to an aromatic ring is 1. The van der Waals surface area contributed by atoms with Crippen molar-refractivity contribution in [2.45, 2.75) is 6.36 Å². The Bertz CT molecular complexity index is 419. The lowest BCUT2D eigenvalue weighted by atomic mass is 10.3. The van der Waals surface area contributed by atoms with Gasteiger partial charge in [-0.3, -0.25) is 0 Å². The molecule has 0 saturated heterocycles. The van der Waals surface area contributed by atoms with Crippen LogP contribution in [0.1, 0.15) is 0 Å². The van der Waals surface area contributed by atoms with Gasteiger partial charge < -0.3 is 19.9 Å². The van der Waals surface area contributed by atoms with E-state index in [-0.39, 0.29) is 5.69 Å². The topological polar surface area (TPSA) is 70.8 Å². The molecule has 0 spiro atoms. The minimum absolute atomic E-state index is 0.0291. The Hall–Kier alpha value is -2.12. The molecule has 2 N–H and O–H groups in total. The van der Waals surface area contributed by atoms with E-state index in [1.807, 2.05) is 0 Å². The van der Waals surface area contributed by atoms with Gasteiger partial charge in [0.05, 0.1) is 7.11 Å². The summed E-state index contributed by atoms with van der Waals surface area (Å²) in [7, 11) is 1.02. The lowest BCUT2D eigenvalue weighted by Gasteiger charge is -2.13.